The summed E-state index contributed by atoms with van der Waals surface area (Å²) in [4.78, 5) is 27.3. The molecular formula is C12H18N2O11V. The van der Waals surface area contributed by atoms with Gasteiger partial charge in [-0.2, -0.15) is 0 Å². The monoisotopic (exact) mass is 417 g/mol. The predicted octanol–water partition coefficient (Wildman–Crippen LogP) is -2.45. The first-order valence-electron chi connectivity index (χ1n) is 5.36. The summed E-state index contributed by atoms with van der Waals surface area (Å²) < 4.78 is 8.19. The first-order chi connectivity index (χ1) is 10.4. The Kier molecular flexibility index (Phi) is 24.4. The van der Waals surface area contributed by atoms with Gasteiger partial charge in [-0.25, -0.2) is 19.6 Å². The number of hydrogen-bond donors (Lipinski definition) is 4. The van der Waals surface area contributed by atoms with Crippen LogP contribution in [-0.4, -0.2) is 64.2 Å². The third-order valence-electron chi connectivity index (χ3n) is 1.98. The molecule has 0 saturated heterocycles. The number of aromatic hydroxyl groups is 2. The van der Waals surface area contributed by atoms with Gasteiger partial charge >= 0.3 is 33.0 Å². The molecule has 2 rings (SSSR count). The molecule has 2 heterocycles. The summed E-state index contributed by atoms with van der Waals surface area (Å²) in [6.45, 7) is 0. The summed E-state index contributed by atoms with van der Waals surface area (Å²) >= 11 is 1.06. The van der Waals surface area contributed by atoms with E-state index in [1.807, 2.05) is 0 Å². The van der Waals surface area contributed by atoms with E-state index in [1.54, 1.807) is 0 Å². The molecular weight excluding hydrogens is 399 g/mol. The summed E-state index contributed by atoms with van der Waals surface area (Å²) in [6.07, 6.45) is 2.62. The molecule has 0 saturated carbocycles. The third-order valence-corrected chi connectivity index (χ3v) is 1.98. The second-order valence-corrected chi connectivity index (χ2v) is 3.35. The second-order valence-electron chi connectivity index (χ2n) is 3.35. The zero-order chi connectivity index (χ0) is 17.1. The number of nitrogens with zero attached hydrogens (tertiary/aromatic N) is 2. The topological polar surface area (TPSA) is 284 Å². The zero-order valence-electron chi connectivity index (χ0n) is 12.8. The fourth-order valence-corrected chi connectivity index (χ4v) is 1.12. The van der Waals surface area contributed by atoms with Gasteiger partial charge in [-0.3, -0.25) is 0 Å². The molecule has 0 atom stereocenters. The van der Waals surface area contributed by atoms with Crippen molar-refractivity contribution < 1.29 is 73.0 Å². The Morgan fingerprint density at radius 2 is 1.00 bits per heavy atom. The van der Waals surface area contributed by atoms with Gasteiger partial charge in [-0.1, -0.05) is 0 Å². The maximum absolute atomic E-state index is 10.2. The van der Waals surface area contributed by atoms with Crippen molar-refractivity contribution in [3.05, 3.63) is 48.0 Å². The van der Waals surface area contributed by atoms with Crippen LogP contribution in [0.3, 0.4) is 0 Å². The predicted molar refractivity (Wildman–Crippen MR) is 80.9 cm³/mol. The van der Waals surface area contributed by atoms with E-state index in [2.05, 4.69) is 9.97 Å². The van der Waals surface area contributed by atoms with Crippen molar-refractivity contribution in [1.29, 1.82) is 0 Å². The summed E-state index contributed by atoms with van der Waals surface area (Å²) in [5.41, 5.74) is -0.634. The molecule has 0 bridgehead atoms. The maximum atomic E-state index is 10.2. The number of pyridine rings is 2. The SMILES string of the molecule is O.O.O.O.O=C(O)c1ncccc1O.O=C(O)c1ncccc1O.[O]=[V]. The fourth-order valence-electron chi connectivity index (χ4n) is 1.12. The first-order valence-corrected chi connectivity index (χ1v) is 5.93. The van der Waals surface area contributed by atoms with Crippen LogP contribution in [0, 0.1) is 0 Å². The van der Waals surface area contributed by atoms with E-state index in [0.29, 0.717) is 0 Å². The third kappa shape index (κ3) is 11.6. The summed E-state index contributed by atoms with van der Waals surface area (Å²) in [5, 5.41) is 34.4. The van der Waals surface area contributed by atoms with E-state index >= 15 is 0 Å². The van der Waals surface area contributed by atoms with Crippen LogP contribution in [0.1, 0.15) is 21.0 Å². The molecule has 0 aliphatic heterocycles. The number of aromatic carboxylic acids is 2. The van der Waals surface area contributed by atoms with E-state index < -0.39 is 11.9 Å². The molecule has 26 heavy (non-hydrogen) atoms. The van der Waals surface area contributed by atoms with Crippen LogP contribution in [0.15, 0.2) is 36.7 Å². The minimum absolute atomic E-state index is 0. The van der Waals surface area contributed by atoms with Crippen LogP contribution in [0.4, 0.5) is 0 Å². The number of hydrogen-bond acceptors (Lipinski definition) is 7. The van der Waals surface area contributed by atoms with Gasteiger partial charge in [0.2, 0.25) is 0 Å². The van der Waals surface area contributed by atoms with Gasteiger partial charge in [0.1, 0.15) is 11.5 Å². The van der Waals surface area contributed by atoms with Crippen LogP contribution in [0.2, 0.25) is 0 Å². The zero-order valence-corrected chi connectivity index (χ0v) is 14.2. The Hall–Kier alpha value is -2.94. The molecule has 0 amide bonds. The Morgan fingerprint density at radius 3 is 1.15 bits per heavy atom. The number of carbonyl (C=O) groups is 2. The van der Waals surface area contributed by atoms with Gasteiger partial charge < -0.3 is 42.3 Å². The number of carboxylic acids is 2. The van der Waals surface area contributed by atoms with Gasteiger partial charge in [-0.05, 0) is 24.3 Å². The van der Waals surface area contributed by atoms with Gasteiger partial charge in [0.05, 0.1) is 0 Å². The van der Waals surface area contributed by atoms with Crippen molar-refractivity contribution in [2.45, 2.75) is 0 Å². The van der Waals surface area contributed by atoms with E-state index in [1.165, 1.54) is 36.7 Å². The Bertz CT molecular complexity index is 601. The van der Waals surface area contributed by atoms with Crippen LogP contribution >= 0.6 is 0 Å². The van der Waals surface area contributed by atoms with Gasteiger partial charge in [0.25, 0.3) is 0 Å². The Labute approximate surface area is 155 Å². The molecule has 147 valence electrons. The molecule has 13 nitrogen and oxygen atoms in total. The number of aromatic nitrogens is 2. The molecule has 0 spiro atoms. The van der Waals surface area contributed by atoms with Gasteiger partial charge in [0, 0.05) is 12.4 Å². The number of carboxylic acid groups (broad SMARTS) is 2. The second kappa shape index (κ2) is 18.4. The van der Waals surface area contributed by atoms with E-state index in [-0.39, 0.29) is 44.8 Å². The molecule has 0 aliphatic carbocycles. The van der Waals surface area contributed by atoms with Crippen LogP contribution < -0.4 is 0 Å². The molecule has 2 aromatic heterocycles. The molecule has 0 radical (unpaired) electrons. The summed E-state index contributed by atoms with van der Waals surface area (Å²) in [6, 6.07) is 5.47. The van der Waals surface area contributed by atoms with Gasteiger partial charge in [0.15, 0.2) is 11.4 Å². The van der Waals surface area contributed by atoms with Crippen LogP contribution in [0.25, 0.3) is 0 Å². The van der Waals surface area contributed by atoms with Crippen LogP contribution in [-0.2, 0) is 21.0 Å². The van der Waals surface area contributed by atoms with E-state index in [0.717, 1.165) is 17.4 Å². The van der Waals surface area contributed by atoms with Crippen molar-refractivity contribution in [3.8, 4) is 11.5 Å². The standard InChI is InChI=1S/2C6H5NO3.4H2O.O.V/c2*8-4-2-1-3-7-5(4)6(9)10;;;;;;/h2*1-3,8H,(H,9,10);4*1H2;;. The van der Waals surface area contributed by atoms with E-state index in [4.69, 9.17) is 24.1 Å². The van der Waals surface area contributed by atoms with E-state index in [9.17, 15) is 9.59 Å². The normalized spacial score (nSPS) is 7.19. The first kappa shape index (κ1) is 34.4. The quantitative estimate of drug-likeness (QED) is 0.402. The van der Waals surface area contributed by atoms with Crippen LogP contribution in [0.5, 0.6) is 11.5 Å². The van der Waals surface area contributed by atoms with Crippen molar-refractivity contribution in [3.63, 3.8) is 0 Å². The van der Waals surface area contributed by atoms with Gasteiger partial charge in [-0.15, -0.1) is 0 Å². The Balaban J connectivity index is -0.0000000904. The van der Waals surface area contributed by atoms with Crippen molar-refractivity contribution in [2.24, 2.45) is 0 Å². The van der Waals surface area contributed by atoms with Crippen molar-refractivity contribution in [2.75, 3.05) is 0 Å². The molecule has 0 unspecified atom stereocenters. The molecule has 2 aromatic rings. The molecule has 0 aliphatic rings. The van der Waals surface area contributed by atoms with Crippen molar-refractivity contribution >= 4 is 11.9 Å². The summed E-state index contributed by atoms with van der Waals surface area (Å²) in [5.74, 6) is -3.07. The number of rotatable bonds is 2. The molecule has 0 fully saturated rings. The average Bonchev–Trinajstić information content (AvgIpc) is 2.50. The molecule has 0 aromatic carbocycles. The molecule has 12 N–H and O–H groups in total. The van der Waals surface area contributed by atoms with Crippen molar-refractivity contribution in [1.82, 2.24) is 9.97 Å². The average molecular weight is 417 g/mol. The minimum atomic E-state index is -1.22. The summed E-state index contributed by atoms with van der Waals surface area (Å²) in [7, 11) is 0. The fraction of sp³-hybridized carbons (Fsp3) is 0. The molecule has 14 heteroatoms. The Morgan fingerprint density at radius 1 is 0.731 bits per heavy atom.